The van der Waals surface area contributed by atoms with E-state index in [2.05, 4.69) is 10.3 Å². The molecule has 1 amide bonds. The van der Waals surface area contributed by atoms with Gasteiger partial charge >= 0.3 is 0 Å². The van der Waals surface area contributed by atoms with Gasteiger partial charge in [-0.05, 0) is 61.3 Å². The summed E-state index contributed by atoms with van der Waals surface area (Å²) in [5.74, 6) is 1.79. The van der Waals surface area contributed by atoms with Crippen LogP contribution in [0, 0.1) is 11.8 Å². The van der Waals surface area contributed by atoms with E-state index in [9.17, 15) is 4.79 Å². The van der Waals surface area contributed by atoms with E-state index in [1.165, 1.54) is 19.3 Å². The number of pyridine rings is 1. The first-order valence-corrected chi connectivity index (χ1v) is 9.80. The number of rotatable bonds is 4. The van der Waals surface area contributed by atoms with E-state index in [-0.39, 0.29) is 18.0 Å². The van der Waals surface area contributed by atoms with Crippen molar-refractivity contribution >= 4 is 5.91 Å². The van der Waals surface area contributed by atoms with Crippen LogP contribution in [0.5, 0.6) is 5.75 Å². The van der Waals surface area contributed by atoms with Crippen molar-refractivity contribution < 1.29 is 9.53 Å². The Morgan fingerprint density at radius 3 is 2.48 bits per heavy atom. The van der Waals surface area contributed by atoms with Crippen LogP contribution in [-0.2, 0) is 0 Å². The number of carbonyl (C=O) groups is 1. The van der Waals surface area contributed by atoms with Gasteiger partial charge in [-0.15, -0.1) is 0 Å². The molecule has 142 valence electrons. The molecule has 2 saturated carbocycles. The number of carbonyl (C=O) groups excluding carboxylic acids is 1. The van der Waals surface area contributed by atoms with Gasteiger partial charge in [-0.3, -0.25) is 9.78 Å². The van der Waals surface area contributed by atoms with Crippen molar-refractivity contribution in [3.05, 3.63) is 48.3 Å². The fourth-order valence-corrected chi connectivity index (χ4v) is 4.76. The van der Waals surface area contributed by atoms with E-state index in [1.54, 1.807) is 19.5 Å². The normalized spacial score (nSPS) is 27.0. The summed E-state index contributed by atoms with van der Waals surface area (Å²) in [5, 5.41) is 3.30. The number of nitrogens with one attached hydrogen (secondary N) is 1. The second kappa shape index (κ2) is 7.69. The first-order chi connectivity index (χ1) is 13.1. The maximum Gasteiger partial charge on any atom is 0.253 e. The molecular formula is C22H27N3O2. The van der Waals surface area contributed by atoms with Crippen molar-refractivity contribution in [3.63, 3.8) is 0 Å². The topological polar surface area (TPSA) is 77.2 Å². The minimum Gasteiger partial charge on any atom is -0.497 e. The zero-order valence-electron chi connectivity index (χ0n) is 15.7. The molecule has 2 aliphatic rings. The van der Waals surface area contributed by atoms with Crippen molar-refractivity contribution in [2.24, 2.45) is 17.6 Å². The van der Waals surface area contributed by atoms with E-state index < -0.39 is 0 Å². The summed E-state index contributed by atoms with van der Waals surface area (Å²) < 4.78 is 5.21. The lowest BCUT2D eigenvalue weighted by Crippen LogP contribution is -2.53. The second-order valence-corrected chi connectivity index (χ2v) is 7.87. The van der Waals surface area contributed by atoms with Crippen LogP contribution in [0.15, 0.2) is 42.7 Å². The monoisotopic (exact) mass is 365 g/mol. The predicted octanol–water partition coefficient (Wildman–Crippen LogP) is 3.39. The van der Waals surface area contributed by atoms with Gasteiger partial charge in [-0.1, -0.05) is 18.6 Å². The Morgan fingerprint density at radius 1 is 1.11 bits per heavy atom. The van der Waals surface area contributed by atoms with Crippen molar-refractivity contribution in [1.82, 2.24) is 10.3 Å². The fraction of sp³-hybridized carbons (Fsp3) is 0.455. The van der Waals surface area contributed by atoms with Crippen LogP contribution in [0.25, 0.3) is 11.1 Å². The number of hydrogen-bond acceptors (Lipinski definition) is 4. The molecule has 0 aliphatic heterocycles. The van der Waals surface area contributed by atoms with Crippen LogP contribution in [0.1, 0.15) is 42.5 Å². The van der Waals surface area contributed by atoms with E-state index in [1.807, 2.05) is 30.3 Å². The molecule has 2 atom stereocenters. The fourth-order valence-electron chi connectivity index (χ4n) is 4.76. The number of amides is 1. The minimum absolute atomic E-state index is 0.0322. The number of hydrogen-bond donors (Lipinski definition) is 2. The SMILES string of the molecule is COc1ccc(-c2cncc(C(=O)NC3C4CCCC3CC(N)C4)c2)cc1. The van der Waals surface area contributed by atoms with Crippen molar-refractivity contribution in [3.8, 4) is 16.9 Å². The van der Waals surface area contributed by atoms with Crippen LogP contribution >= 0.6 is 0 Å². The van der Waals surface area contributed by atoms with Crippen LogP contribution in [0.4, 0.5) is 0 Å². The number of nitrogens with two attached hydrogens (primary N) is 1. The largest absolute Gasteiger partial charge is 0.497 e. The minimum atomic E-state index is -0.0322. The molecule has 1 heterocycles. The van der Waals surface area contributed by atoms with Crippen LogP contribution in [0.3, 0.4) is 0 Å². The zero-order chi connectivity index (χ0) is 18.8. The molecule has 27 heavy (non-hydrogen) atoms. The highest BCUT2D eigenvalue weighted by atomic mass is 16.5. The molecule has 3 N–H and O–H groups in total. The Hall–Kier alpha value is -2.40. The van der Waals surface area contributed by atoms with Gasteiger partial charge in [-0.2, -0.15) is 0 Å². The van der Waals surface area contributed by atoms with Crippen molar-refractivity contribution in [2.75, 3.05) is 7.11 Å². The first kappa shape index (κ1) is 18.0. The molecule has 2 bridgehead atoms. The second-order valence-electron chi connectivity index (χ2n) is 7.87. The summed E-state index contributed by atoms with van der Waals surface area (Å²) >= 11 is 0. The summed E-state index contributed by atoms with van der Waals surface area (Å²) in [6.45, 7) is 0. The molecule has 2 aromatic rings. The molecule has 0 radical (unpaired) electrons. The molecular weight excluding hydrogens is 338 g/mol. The summed E-state index contributed by atoms with van der Waals surface area (Å²) in [6, 6.07) is 10.2. The Bertz CT molecular complexity index is 791. The molecule has 2 fully saturated rings. The Morgan fingerprint density at radius 2 is 1.81 bits per heavy atom. The molecule has 5 heteroatoms. The Kier molecular flexibility index (Phi) is 5.12. The summed E-state index contributed by atoms with van der Waals surface area (Å²) in [5.41, 5.74) is 8.75. The first-order valence-electron chi connectivity index (χ1n) is 9.80. The van der Waals surface area contributed by atoms with E-state index in [0.717, 1.165) is 29.7 Å². The van der Waals surface area contributed by atoms with Gasteiger partial charge in [0.15, 0.2) is 0 Å². The van der Waals surface area contributed by atoms with E-state index in [4.69, 9.17) is 10.5 Å². The molecule has 5 nitrogen and oxygen atoms in total. The standard InChI is InChI=1S/C22H27N3O2/c1-27-20-7-5-14(6-8-20)17-9-18(13-24-12-17)22(26)25-21-15-3-2-4-16(21)11-19(23)10-15/h5-9,12-13,15-16,19,21H,2-4,10-11,23H2,1H3,(H,25,26). The molecule has 1 aromatic carbocycles. The number of aromatic nitrogens is 1. The zero-order valence-corrected chi connectivity index (χ0v) is 15.7. The predicted molar refractivity (Wildman–Crippen MR) is 106 cm³/mol. The highest BCUT2D eigenvalue weighted by molar-refractivity contribution is 5.95. The van der Waals surface area contributed by atoms with Crippen LogP contribution < -0.4 is 15.8 Å². The van der Waals surface area contributed by atoms with Gasteiger partial charge in [0.2, 0.25) is 0 Å². The average molecular weight is 365 g/mol. The van der Waals surface area contributed by atoms with Gasteiger partial charge in [-0.25, -0.2) is 0 Å². The highest BCUT2D eigenvalue weighted by Gasteiger charge is 2.39. The lowest BCUT2D eigenvalue weighted by Gasteiger charge is -2.45. The molecule has 0 saturated heterocycles. The molecule has 1 aromatic heterocycles. The number of methoxy groups -OCH3 is 1. The van der Waals surface area contributed by atoms with Crippen molar-refractivity contribution in [2.45, 2.75) is 44.2 Å². The van der Waals surface area contributed by atoms with Gasteiger partial charge in [0.05, 0.1) is 12.7 Å². The van der Waals surface area contributed by atoms with Gasteiger partial charge < -0.3 is 15.8 Å². The van der Waals surface area contributed by atoms with Crippen LogP contribution in [-0.4, -0.2) is 30.1 Å². The maximum absolute atomic E-state index is 12.9. The lowest BCUT2D eigenvalue weighted by atomic mass is 9.67. The molecule has 2 unspecified atom stereocenters. The summed E-state index contributed by atoms with van der Waals surface area (Å²) in [4.78, 5) is 17.2. The molecule has 4 rings (SSSR count). The number of nitrogens with zero attached hydrogens (tertiary/aromatic N) is 1. The number of fused-ring (bicyclic) bond motifs is 2. The smallest absolute Gasteiger partial charge is 0.253 e. The van der Waals surface area contributed by atoms with Gasteiger partial charge in [0, 0.05) is 30.0 Å². The van der Waals surface area contributed by atoms with Crippen LogP contribution in [0.2, 0.25) is 0 Å². The Labute approximate surface area is 160 Å². The number of ether oxygens (including phenoxy) is 1. The summed E-state index contributed by atoms with van der Waals surface area (Å²) in [6.07, 6.45) is 9.05. The average Bonchev–Trinajstić information content (AvgIpc) is 2.69. The Balaban J connectivity index is 1.50. The third kappa shape index (κ3) is 3.83. The summed E-state index contributed by atoms with van der Waals surface area (Å²) in [7, 11) is 1.65. The van der Waals surface area contributed by atoms with Gasteiger partial charge in [0.25, 0.3) is 5.91 Å². The third-order valence-electron chi connectivity index (χ3n) is 6.10. The van der Waals surface area contributed by atoms with Gasteiger partial charge in [0.1, 0.15) is 5.75 Å². The lowest BCUT2D eigenvalue weighted by molar-refractivity contribution is 0.0755. The van der Waals surface area contributed by atoms with E-state index in [0.29, 0.717) is 17.4 Å². The highest BCUT2D eigenvalue weighted by Crippen LogP contribution is 2.39. The molecule has 0 spiro atoms. The third-order valence-corrected chi connectivity index (χ3v) is 6.10. The quantitative estimate of drug-likeness (QED) is 0.871. The van der Waals surface area contributed by atoms with Crippen molar-refractivity contribution in [1.29, 1.82) is 0 Å². The maximum atomic E-state index is 12.9. The molecule has 2 aliphatic carbocycles. The van der Waals surface area contributed by atoms with E-state index >= 15 is 0 Å². The number of benzene rings is 1.